The first kappa shape index (κ1) is 15.6. The van der Waals surface area contributed by atoms with Crippen molar-refractivity contribution in [1.82, 2.24) is 15.0 Å². The number of anilines is 1. The molecule has 0 fully saturated rings. The van der Waals surface area contributed by atoms with Crippen LogP contribution in [0.25, 0.3) is 22.4 Å². The number of pyridine rings is 1. The Morgan fingerprint density at radius 2 is 1.71 bits per heavy atom. The van der Waals surface area contributed by atoms with E-state index in [0.717, 1.165) is 28.1 Å². The molecule has 0 radical (unpaired) electrons. The van der Waals surface area contributed by atoms with Crippen molar-refractivity contribution in [2.75, 3.05) is 12.8 Å². The molecule has 0 saturated heterocycles. The second kappa shape index (κ2) is 6.45. The fourth-order valence-electron chi connectivity index (χ4n) is 2.47. The molecule has 0 atom stereocenters. The molecule has 2 heterocycles. The predicted octanol–water partition coefficient (Wildman–Crippen LogP) is 2.88. The van der Waals surface area contributed by atoms with Gasteiger partial charge in [0.1, 0.15) is 12.1 Å². The Bertz CT molecular complexity index is 875. The van der Waals surface area contributed by atoms with Gasteiger partial charge >= 0.3 is 5.97 Å². The average molecular weight is 320 g/mol. The minimum absolute atomic E-state index is 0.372. The van der Waals surface area contributed by atoms with Gasteiger partial charge in [0, 0.05) is 28.6 Å². The highest BCUT2D eigenvalue weighted by atomic mass is 16.5. The molecule has 2 aromatic heterocycles. The third-order valence-electron chi connectivity index (χ3n) is 3.69. The van der Waals surface area contributed by atoms with Gasteiger partial charge in [-0.3, -0.25) is 0 Å². The molecule has 6 heteroatoms. The molecule has 0 spiro atoms. The highest BCUT2D eigenvalue weighted by molar-refractivity contribution is 5.90. The molecule has 2 N–H and O–H groups in total. The third-order valence-corrected chi connectivity index (χ3v) is 3.69. The van der Waals surface area contributed by atoms with Crippen LogP contribution in [0.3, 0.4) is 0 Å². The number of carbonyl (C=O) groups excluding carboxylic acids is 1. The van der Waals surface area contributed by atoms with Crippen LogP contribution in [0.5, 0.6) is 0 Å². The van der Waals surface area contributed by atoms with Crippen molar-refractivity contribution >= 4 is 11.8 Å². The summed E-state index contributed by atoms with van der Waals surface area (Å²) in [4.78, 5) is 24.4. The Hall–Kier alpha value is -3.28. The number of nitrogen functional groups attached to an aromatic ring is 1. The van der Waals surface area contributed by atoms with Crippen molar-refractivity contribution < 1.29 is 9.53 Å². The zero-order valence-electron chi connectivity index (χ0n) is 13.4. The van der Waals surface area contributed by atoms with Crippen molar-refractivity contribution in [2.24, 2.45) is 0 Å². The van der Waals surface area contributed by atoms with Gasteiger partial charge in [-0.05, 0) is 31.2 Å². The lowest BCUT2D eigenvalue weighted by Crippen LogP contribution is -2.01. The van der Waals surface area contributed by atoms with E-state index in [4.69, 9.17) is 10.5 Å². The summed E-state index contributed by atoms with van der Waals surface area (Å²) in [6, 6.07) is 10.7. The lowest BCUT2D eigenvalue weighted by Gasteiger charge is -2.11. The van der Waals surface area contributed by atoms with Gasteiger partial charge in [-0.25, -0.2) is 19.7 Å². The van der Waals surface area contributed by atoms with E-state index in [2.05, 4.69) is 15.0 Å². The van der Waals surface area contributed by atoms with Gasteiger partial charge in [-0.15, -0.1) is 0 Å². The molecule has 0 saturated carbocycles. The zero-order valence-corrected chi connectivity index (χ0v) is 13.4. The highest BCUT2D eigenvalue weighted by Gasteiger charge is 2.14. The Morgan fingerprint density at radius 3 is 2.33 bits per heavy atom. The van der Waals surface area contributed by atoms with Crippen molar-refractivity contribution in [3.8, 4) is 22.4 Å². The fourth-order valence-corrected chi connectivity index (χ4v) is 2.47. The Balaban J connectivity index is 2.10. The smallest absolute Gasteiger partial charge is 0.337 e. The quantitative estimate of drug-likeness (QED) is 0.746. The number of benzene rings is 1. The monoisotopic (exact) mass is 320 g/mol. The Morgan fingerprint density at radius 1 is 1.00 bits per heavy atom. The zero-order chi connectivity index (χ0) is 17.1. The average Bonchev–Trinajstić information content (AvgIpc) is 2.62. The van der Waals surface area contributed by atoms with Crippen molar-refractivity contribution in [3.05, 3.63) is 60.2 Å². The maximum absolute atomic E-state index is 11.6. The maximum Gasteiger partial charge on any atom is 0.337 e. The van der Waals surface area contributed by atoms with E-state index in [9.17, 15) is 4.79 Å². The van der Waals surface area contributed by atoms with Gasteiger partial charge in [0.25, 0.3) is 0 Å². The van der Waals surface area contributed by atoms with Gasteiger partial charge in [0.2, 0.25) is 0 Å². The first-order valence-corrected chi connectivity index (χ1v) is 7.32. The third kappa shape index (κ3) is 2.94. The molecule has 0 aliphatic carbocycles. The van der Waals surface area contributed by atoms with Gasteiger partial charge in [0.15, 0.2) is 0 Å². The Labute approximate surface area is 139 Å². The normalized spacial score (nSPS) is 10.4. The molecule has 0 aliphatic rings. The summed E-state index contributed by atoms with van der Waals surface area (Å²) >= 11 is 0. The molecule has 6 nitrogen and oxygen atoms in total. The van der Waals surface area contributed by atoms with Gasteiger partial charge in [0.05, 0.1) is 18.4 Å². The van der Waals surface area contributed by atoms with Crippen LogP contribution in [-0.4, -0.2) is 28.0 Å². The lowest BCUT2D eigenvalue weighted by molar-refractivity contribution is 0.0601. The van der Waals surface area contributed by atoms with Crippen LogP contribution < -0.4 is 5.73 Å². The van der Waals surface area contributed by atoms with Crippen LogP contribution in [0.1, 0.15) is 16.1 Å². The van der Waals surface area contributed by atoms with Crippen LogP contribution >= 0.6 is 0 Å². The first-order chi connectivity index (χ1) is 11.6. The summed E-state index contributed by atoms with van der Waals surface area (Å²) < 4.78 is 4.72. The lowest BCUT2D eigenvalue weighted by atomic mass is 9.98. The molecule has 0 amide bonds. The molecule has 3 rings (SSSR count). The van der Waals surface area contributed by atoms with E-state index in [1.807, 2.05) is 25.1 Å². The summed E-state index contributed by atoms with van der Waals surface area (Å²) in [7, 11) is 1.36. The summed E-state index contributed by atoms with van der Waals surface area (Å²) in [5, 5.41) is 0. The van der Waals surface area contributed by atoms with Crippen molar-refractivity contribution in [2.45, 2.75) is 6.92 Å². The molecule has 0 aliphatic heterocycles. The summed E-state index contributed by atoms with van der Waals surface area (Å²) in [6.45, 7) is 1.92. The number of nitrogens with zero attached hydrogens (tertiary/aromatic N) is 3. The van der Waals surface area contributed by atoms with E-state index in [1.54, 1.807) is 24.4 Å². The number of aryl methyl sites for hydroxylation is 1. The molecule has 0 unspecified atom stereocenters. The van der Waals surface area contributed by atoms with Crippen LogP contribution in [-0.2, 0) is 4.74 Å². The van der Waals surface area contributed by atoms with Gasteiger partial charge < -0.3 is 10.5 Å². The number of carbonyl (C=O) groups is 1. The number of esters is 1. The number of nitrogens with two attached hydrogens (primary N) is 1. The van der Waals surface area contributed by atoms with Crippen molar-refractivity contribution in [1.29, 1.82) is 0 Å². The van der Waals surface area contributed by atoms with E-state index in [1.165, 1.54) is 13.4 Å². The van der Waals surface area contributed by atoms with Crippen LogP contribution in [0.15, 0.2) is 48.9 Å². The number of hydrogen-bond acceptors (Lipinski definition) is 6. The standard InChI is InChI=1S/C18H16N4O2/c1-11-16(14-7-8-15(19)20-9-14)17(22-10-21-11)12-3-5-13(6-4-12)18(23)24-2/h3-10H,1-2H3,(H2,19,20). The fraction of sp³-hybridized carbons (Fsp3) is 0.111. The van der Waals surface area contributed by atoms with E-state index in [-0.39, 0.29) is 5.97 Å². The maximum atomic E-state index is 11.6. The van der Waals surface area contributed by atoms with E-state index < -0.39 is 0 Å². The first-order valence-electron chi connectivity index (χ1n) is 7.32. The van der Waals surface area contributed by atoms with Crippen LogP contribution in [0, 0.1) is 6.92 Å². The second-order valence-corrected chi connectivity index (χ2v) is 5.22. The molecule has 0 bridgehead atoms. The molecule has 24 heavy (non-hydrogen) atoms. The predicted molar refractivity (Wildman–Crippen MR) is 91.2 cm³/mol. The number of hydrogen-bond donors (Lipinski definition) is 1. The summed E-state index contributed by atoms with van der Waals surface area (Å²) in [6.07, 6.45) is 3.22. The van der Waals surface area contributed by atoms with Gasteiger partial charge in [-0.2, -0.15) is 0 Å². The van der Waals surface area contributed by atoms with E-state index >= 15 is 0 Å². The molecule has 1 aromatic carbocycles. The number of aromatic nitrogens is 3. The minimum Gasteiger partial charge on any atom is -0.465 e. The molecular weight excluding hydrogens is 304 g/mol. The summed E-state index contributed by atoms with van der Waals surface area (Å²) in [5.41, 5.74) is 10.4. The van der Waals surface area contributed by atoms with Crippen LogP contribution in [0.2, 0.25) is 0 Å². The SMILES string of the molecule is COC(=O)c1ccc(-c2ncnc(C)c2-c2ccc(N)nc2)cc1. The largest absolute Gasteiger partial charge is 0.465 e. The number of methoxy groups -OCH3 is 1. The van der Waals surface area contributed by atoms with E-state index in [0.29, 0.717) is 11.4 Å². The Kier molecular flexibility index (Phi) is 4.20. The minimum atomic E-state index is -0.372. The molecular formula is C18H16N4O2. The molecule has 3 aromatic rings. The van der Waals surface area contributed by atoms with Crippen molar-refractivity contribution in [3.63, 3.8) is 0 Å². The number of ether oxygens (including phenoxy) is 1. The highest BCUT2D eigenvalue weighted by Crippen LogP contribution is 2.32. The van der Waals surface area contributed by atoms with Crippen LogP contribution in [0.4, 0.5) is 5.82 Å². The number of rotatable bonds is 3. The second-order valence-electron chi connectivity index (χ2n) is 5.22. The molecule has 120 valence electrons. The summed E-state index contributed by atoms with van der Waals surface area (Å²) in [5.74, 6) is 0.0839. The van der Waals surface area contributed by atoms with Gasteiger partial charge in [-0.1, -0.05) is 12.1 Å². The topological polar surface area (TPSA) is 91.0 Å².